The van der Waals surface area contributed by atoms with Gasteiger partial charge in [0.25, 0.3) is 0 Å². The molecular weight excluding hydrogens is 337 g/mol. The molecule has 0 aliphatic carbocycles. The first-order valence-corrected chi connectivity index (χ1v) is 7.91. The third kappa shape index (κ3) is 5.42. The number of amides is 1. The third-order valence-electron chi connectivity index (χ3n) is 3.72. The van der Waals surface area contributed by atoms with Crippen molar-refractivity contribution in [2.75, 3.05) is 19.8 Å². The molecule has 25 heavy (non-hydrogen) atoms. The number of nitrogens with zero attached hydrogens (tertiary/aromatic N) is 3. The van der Waals surface area contributed by atoms with Gasteiger partial charge in [0, 0.05) is 30.4 Å². The van der Waals surface area contributed by atoms with Gasteiger partial charge < -0.3 is 10.1 Å². The van der Waals surface area contributed by atoms with E-state index < -0.39 is 12.8 Å². The molecule has 2 aromatic heterocycles. The van der Waals surface area contributed by atoms with E-state index in [0.29, 0.717) is 6.42 Å². The minimum absolute atomic E-state index is 0.0442. The number of ether oxygens (including phenoxy) is 1. The summed E-state index contributed by atoms with van der Waals surface area (Å²) in [5.74, 6) is -0.244. The number of carbonyl (C=O) groups excluding carboxylic acids is 1. The summed E-state index contributed by atoms with van der Waals surface area (Å²) < 4.78 is 41.9. The van der Waals surface area contributed by atoms with E-state index in [4.69, 9.17) is 0 Å². The van der Waals surface area contributed by atoms with E-state index in [9.17, 15) is 18.0 Å². The highest BCUT2D eigenvalue weighted by molar-refractivity contribution is 5.76. The molecule has 0 aromatic carbocycles. The molecule has 2 aromatic rings. The molecule has 0 radical (unpaired) electrons. The summed E-state index contributed by atoms with van der Waals surface area (Å²) in [5, 5.41) is 6.92. The Bertz CT molecular complexity index is 756. The van der Waals surface area contributed by atoms with Gasteiger partial charge in [0.1, 0.15) is 6.61 Å². The standard InChI is InChI=1S/C16H21F3N4O2/c1-10-8-14-21-11(2)13(12(3)23(14)22-10)4-5-15(24)20-6-7-25-9-16(17,18)19/h8H,4-7,9H2,1-3H3,(H,20,24). The second-order valence-electron chi connectivity index (χ2n) is 5.83. The van der Waals surface area contributed by atoms with Gasteiger partial charge in [-0.3, -0.25) is 4.79 Å². The van der Waals surface area contributed by atoms with Crippen molar-refractivity contribution in [3.8, 4) is 0 Å². The zero-order valence-corrected chi connectivity index (χ0v) is 14.4. The van der Waals surface area contributed by atoms with Crippen LogP contribution in [-0.2, 0) is 16.0 Å². The lowest BCUT2D eigenvalue weighted by molar-refractivity contribution is -0.173. The molecule has 0 unspecified atom stereocenters. The van der Waals surface area contributed by atoms with Crippen LogP contribution in [0.5, 0.6) is 0 Å². The fourth-order valence-corrected chi connectivity index (χ4v) is 2.58. The van der Waals surface area contributed by atoms with Crippen molar-refractivity contribution in [1.82, 2.24) is 19.9 Å². The van der Waals surface area contributed by atoms with Gasteiger partial charge in [-0.05, 0) is 32.8 Å². The maximum atomic E-state index is 11.9. The molecule has 1 N–H and O–H groups in total. The van der Waals surface area contributed by atoms with E-state index in [1.807, 2.05) is 26.8 Å². The molecule has 0 spiro atoms. The van der Waals surface area contributed by atoms with Crippen molar-refractivity contribution >= 4 is 11.6 Å². The molecule has 0 aliphatic heterocycles. The average molecular weight is 358 g/mol. The summed E-state index contributed by atoms with van der Waals surface area (Å²) in [7, 11) is 0. The van der Waals surface area contributed by atoms with Gasteiger partial charge in [-0.2, -0.15) is 18.3 Å². The van der Waals surface area contributed by atoms with Crippen LogP contribution < -0.4 is 5.32 Å². The van der Waals surface area contributed by atoms with Gasteiger partial charge in [-0.1, -0.05) is 0 Å². The van der Waals surface area contributed by atoms with E-state index in [-0.39, 0.29) is 25.5 Å². The molecule has 0 bridgehead atoms. The maximum absolute atomic E-state index is 11.9. The summed E-state index contributed by atoms with van der Waals surface area (Å²) in [5.41, 5.74) is 4.34. The van der Waals surface area contributed by atoms with Crippen molar-refractivity contribution in [3.05, 3.63) is 28.7 Å². The minimum Gasteiger partial charge on any atom is -0.370 e. The summed E-state index contributed by atoms with van der Waals surface area (Å²) in [6, 6.07) is 1.89. The molecule has 0 saturated carbocycles. The third-order valence-corrected chi connectivity index (χ3v) is 3.72. The second-order valence-corrected chi connectivity index (χ2v) is 5.83. The van der Waals surface area contributed by atoms with Gasteiger partial charge >= 0.3 is 6.18 Å². The average Bonchev–Trinajstić information content (AvgIpc) is 2.86. The van der Waals surface area contributed by atoms with Crippen LogP contribution in [0.25, 0.3) is 5.65 Å². The van der Waals surface area contributed by atoms with E-state index >= 15 is 0 Å². The van der Waals surface area contributed by atoms with E-state index in [1.165, 1.54) is 0 Å². The molecule has 2 heterocycles. The molecule has 138 valence electrons. The Hall–Kier alpha value is -2.16. The van der Waals surface area contributed by atoms with Crippen LogP contribution in [0.4, 0.5) is 13.2 Å². The van der Waals surface area contributed by atoms with Crippen LogP contribution in [0, 0.1) is 20.8 Å². The van der Waals surface area contributed by atoms with E-state index in [1.54, 1.807) is 4.52 Å². The topological polar surface area (TPSA) is 68.5 Å². The number of fused-ring (bicyclic) bond motifs is 1. The fourth-order valence-electron chi connectivity index (χ4n) is 2.58. The summed E-state index contributed by atoms with van der Waals surface area (Å²) >= 11 is 0. The van der Waals surface area contributed by atoms with Crippen LogP contribution in [-0.4, -0.2) is 46.4 Å². The maximum Gasteiger partial charge on any atom is 0.411 e. The zero-order valence-electron chi connectivity index (χ0n) is 14.4. The van der Waals surface area contributed by atoms with Crippen molar-refractivity contribution in [2.24, 2.45) is 0 Å². The summed E-state index contributed by atoms with van der Waals surface area (Å²) in [6.45, 7) is 4.25. The first-order valence-electron chi connectivity index (χ1n) is 7.91. The molecule has 0 aliphatic rings. The van der Waals surface area contributed by atoms with Gasteiger partial charge in [-0.15, -0.1) is 0 Å². The Labute approximate surface area is 143 Å². The Morgan fingerprint density at radius 2 is 2.04 bits per heavy atom. The lowest BCUT2D eigenvalue weighted by Crippen LogP contribution is -2.29. The van der Waals surface area contributed by atoms with Gasteiger partial charge in [0.15, 0.2) is 5.65 Å². The SMILES string of the molecule is Cc1cc2nc(C)c(CCC(=O)NCCOCC(F)(F)F)c(C)n2n1. The number of alkyl halides is 3. The van der Waals surface area contributed by atoms with Crippen molar-refractivity contribution in [3.63, 3.8) is 0 Å². The monoisotopic (exact) mass is 358 g/mol. The first-order chi connectivity index (χ1) is 11.7. The second kappa shape index (κ2) is 7.81. The number of aromatic nitrogens is 3. The van der Waals surface area contributed by atoms with E-state index in [0.717, 1.165) is 28.3 Å². The number of rotatable bonds is 7. The van der Waals surface area contributed by atoms with Crippen molar-refractivity contribution < 1.29 is 22.7 Å². The molecule has 6 nitrogen and oxygen atoms in total. The number of aryl methyl sites for hydroxylation is 3. The normalized spacial score (nSPS) is 11.9. The Balaban J connectivity index is 1.84. The lowest BCUT2D eigenvalue weighted by atomic mass is 10.1. The Morgan fingerprint density at radius 1 is 1.32 bits per heavy atom. The Morgan fingerprint density at radius 3 is 2.72 bits per heavy atom. The van der Waals surface area contributed by atoms with Crippen LogP contribution in [0.15, 0.2) is 6.07 Å². The Kier molecular flexibility index (Phi) is 5.99. The number of halogens is 3. The van der Waals surface area contributed by atoms with Crippen LogP contribution in [0.1, 0.15) is 29.1 Å². The predicted molar refractivity (Wildman–Crippen MR) is 85.4 cm³/mol. The molecular formula is C16H21F3N4O2. The van der Waals surface area contributed by atoms with Gasteiger partial charge in [0.2, 0.25) is 5.91 Å². The number of carbonyl (C=O) groups is 1. The fraction of sp³-hybridized carbons (Fsp3) is 0.562. The van der Waals surface area contributed by atoms with Gasteiger partial charge in [0.05, 0.1) is 12.3 Å². The van der Waals surface area contributed by atoms with Crippen LogP contribution >= 0.6 is 0 Å². The number of nitrogens with one attached hydrogen (secondary N) is 1. The van der Waals surface area contributed by atoms with Crippen LogP contribution in [0.2, 0.25) is 0 Å². The molecule has 9 heteroatoms. The van der Waals surface area contributed by atoms with E-state index in [2.05, 4.69) is 20.1 Å². The number of hydrogen-bond donors (Lipinski definition) is 1. The number of hydrogen-bond acceptors (Lipinski definition) is 4. The summed E-state index contributed by atoms with van der Waals surface area (Å²) in [4.78, 5) is 16.3. The zero-order chi connectivity index (χ0) is 18.6. The highest BCUT2D eigenvalue weighted by Gasteiger charge is 2.27. The van der Waals surface area contributed by atoms with Crippen molar-refractivity contribution in [2.45, 2.75) is 39.8 Å². The smallest absolute Gasteiger partial charge is 0.370 e. The quantitative estimate of drug-likeness (QED) is 0.771. The molecule has 0 fully saturated rings. The predicted octanol–water partition coefficient (Wildman–Crippen LogP) is 2.28. The molecule has 0 atom stereocenters. The van der Waals surface area contributed by atoms with Crippen LogP contribution in [0.3, 0.4) is 0 Å². The van der Waals surface area contributed by atoms with Crippen molar-refractivity contribution in [1.29, 1.82) is 0 Å². The lowest BCUT2D eigenvalue weighted by Gasteiger charge is -2.11. The molecule has 2 rings (SSSR count). The first kappa shape index (κ1) is 19.2. The highest BCUT2D eigenvalue weighted by Crippen LogP contribution is 2.17. The molecule has 1 amide bonds. The summed E-state index contributed by atoms with van der Waals surface area (Å²) in [6.07, 6.45) is -3.65. The largest absolute Gasteiger partial charge is 0.411 e. The van der Waals surface area contributed by atoms with Gasteiger partial charge in [-0.25, -0.2) is 9.50 Å². The minimum atomic E-state index is -4.35. The molecule has 0 saturated heterocycles. The highest BCUT2D eigenvalue weighted by atomic mass is 19.4.